The van der Waals surface area contributed by atoms with E-state index in [0.717, 1.165) is 0 Å². The zero-order chi connectivity index (χ0) is 9.52. The summed E-state index contributed by atoms with van der Waals surface area (Å²) in [5, 5.41) is 8.48. The zero-order valence-electron chi connectivity index (χ0n) is 7.35. The highest BCUT2D eigenvalue weighted by molar-refractivity contribution is 5.69. The van der Waals surface area contributed by atoms with E-state index in [1.165, 1.54) is 4.73 Å². The van der Waals surface area contributed by atoms with Crippen molar-refractivity contribution in [2.45, 2.75) is 19.3 Å². The van der Waals surface area contributed by atoms with Crippen LogP contribution in [0.1, 0.15) is 19.3 Å². The molecule has 0 aromatic carbocycles. The molecule has 0 unspecified atom stereocenters. The molecule has 4 heteroatoms. The van der Waals surface area contributed by atoms with Gasteiger partial charge in [0.15, 0.2) is 0 Å². The Morgan fingerprint density at radius 2 is 2.00 bits per heavy atom. The van der Waals surface area contributed by atoms with Crippen molar-refractivity contribution in [3.05, 3.63) is 24.5 Å². The number of aromatic nitrogens is 1. The summed E-state index contributed by atoms with van der Waals surface area (Å²) in [5.41, 5.74) is 0. The van der Waals surface area contributed by atoms with Crippen LogP contribution in [0.15, 0.2) is 24.5 Å². The van der Waals surface area contributed by atoms with E-state index in [-0.39, 0.29) is 12.6 Å². The van der Waals surface area contributed by atoms with Crippen LogP contribution in [0.2, 0.25) is 0 Å². The number of unbranched alkanes of at least 4 members (excludes halogenated alkanes) is 1. The van der Waals surface area contributed by atoms with E-state index in [2.05, 4.69) is 0 Å². The molecule has 0 aliphatic rings. The van der Waals surface area contributed by atoms with Crippen LogP contribution in [-0.2, 0) is 4.79 Å². The topological polar surface area (TPSA) is 51.5 Å². The third-order valence-electron chi connectivity index (χ3n) is 1.57. The number of hydrogen-bond donors (Lipinski definition) is 1. The molecule has 0 fully saturated rings. The summed E-state index contributed by atoms with van der Waals surface area (Å²) in [4.78, 5) is 16.0. The third-order valence-corrected chi connectivity index (χ3v) is 1.57. The molecule has 0 saturated carbocycles. The van der Waals surface area contributed by atoms with Crippen molar-refractivity contribution in [2.75, 3.05) is 6.61 Å². The number of carbonyl (C=O) groups excluding carboxylic acids is 1. The average Bonchev–Trinajstić information content (AvgIpc) is 2.57. The molecule has 1 heterocycles. The summed E-state index contributed by atoms with van der Waals surface area (Å²) in [6.07, 6.45) is 4.96. The summed E-state index contributed by atoms with van der Waals surface area (Å²) in [5.74, 6) is -0.273. The lowest BCUT2D eigenvalue weighted by Gasteiger charge is -2.02. The van der Waals surface area contributed by atoms with Crippen molar-refractivity contribution in [3.8, 4) is 0 Å². The predicted octanol–water partition coefficient (Wildman–Crippen LogP) is 0.606. The monoisotopic (exact) mass is 183 g/mol. The van der Waals surface area contributed by atoms with Crippen LogP contribution in [0.4, 0.5) is 0 Å². The summed E-state index contributed by atoms with van der Waals surface area (Å²) in [6, 6.07) is 3.56. The van der Waals surface area contributed by atoms with Gasteiger partial charge in [0.1, 0.15) is 0 Å². The van der Waals surface area contributed by atoms with Gasteiger partial charge in [-0.05, 0) is 25.0 Å². The second-order valence-electron chi connectivity index (χ2n) is 2.69. The van der Waals surface area contributed by atoms with E-state index >= 15 is 0 Å². The first-order chi connectivity index (χ1) is 6.33. The molecule has 1 rings (SSSR count). The number of carbonyl (C=O) groups is 1. The SMILES string of the molecule is O=C(CCCCO)On1cccc1. The average molecular weight is 183 g/mol. The second kappa shape index (κ2) is 5.37. The molecule has 0 bridgehead atoms. The van der Waals surface area contributed by atoms with E-state index in [1.54, 1.807) is 24.5 Å². The fourth-order valence-electron chi connectivity index (χ4n) is 0.924. The summed E-state index contributed by atoms with van der Waals surface area (Å²) in [6.45, 7) is 0.122. The largest absolute Gasteiger partial charge is 0.396 e. The van der Waals surface area contributed by atoms with E-state index in [1.807, 2.05) is 0 Å². The standard InChI is InChI=1S/C9H13NO3/c11-8-4-1-5-9(12)13-10-6-2-3-7-10/h2-3,6-7,11H,1,4-5,8H2. The number of hydrogen-bond acceptors (Lipinski definition) is 3. The first kappa shape index (κ1) is 9.80. The van der Waals surface area contributed by atoms with Crippen molar-refractivity contribution in [1.82, 2.24) is 4.73 Å². The minimum absolute atomic E-state index is 0.122. The summed E-state index contributed by atoms with van der Waals surface area (Å²) < 4.78 is 1.36. The van der Waals surface area contributed by atoms with Crippen molar-refractivity contribution >= 4 is 5.97 Å². The smallest absolute Gasteiger partial charge is 0.332 e. The molecule has 1 N–H and O–H groups in total. The van der Waals surface area contributed by atoms with Gasteiger partial charge in [-0.3, -0.25) is 0 Å². The molecule has 72 valence electrons. The van der Waals surface area contributed by atoms with Gasteiger partial charge in [-0.2, -0.15) is 4.73 Å². The molecule has 0 aliphatic carbocycles. The van der Waals surface area contributed by atoms with Crippen molar-refractivity contribution in [2.24, 2.45) is 0 Å². The van der Waals surface area contributed by atoms with E-state index in [9.17, 15) is 4.79 Å². The second-order valence-corrected chi connectivity index (χ2v) is 2.69. The molecule has 0 radical (unpaired) electrons. The van der Waals surface area contributed by atoms with Gasteiger partial charge in [-0.25, -0.2) is 4.79 Å². The Morgan fingerprint density at radius 3 is 2.62 bits per heavy atom. The van der Waals surface area contributed by atoms with Gasteiger partial charge in [0.25, 0.3) is 0 Å². The number of aliphatic hydroxyl groups excluding tert-OH is 1. The van der Waals surface area contributed by atoms with Crippen LogP contribution >= 0.6 is 0 Å². The molecule has 0 spiro atoms. The van der Waals surface area contributed by atoms with Crippen molar-refractivity contribution in [3.63, 3.8) is 0 Å². The fourth-order valence-corrected chi connectivity index (χ4v) is 0.924. The van der Waals surface area contributed by atoms with Crippen LogP contribution in [0.25, 0.3) is 0 Å². The number of rotatable bonds is 5. The molecule has 4 nitrogen and oxygen atoms in total. The van der Waals surface area contributed by atoms with Gasteiger partial charge in [0, 0.05) is 25.4 Å². The number of nitrogens with zero attached hydrogens (tertiary/aromatic N) is 1. The first-order valence-corrected chi connectivity index (χ1v) is 4.28. The number of aliphatic hydroxyl groups is 1. The van der Waals surface area contributed by atoms with E-state index in [0.29, 0.717) is 19.3 Å². The van der Waals surface area contributed by atoms with Crippen molar-refractivity contribution < 1.29 is 14.7 Å². The van der Waals surface area contributed by atoms with Crippen LogP contribution in [-0.4, -0.2) is 22.4 Å². The van der Waals surface area contributed by atoms with Gasteiger partial charge < -0.3 is 9.94 Å². The van der Waals surface area contributed by atoms with E-state index < -0.39 is 0 Å². The minimum atomic E-state index is -0.273. The zero-order valence-corrected chi connectivity index (χ0v) is 7.35. The highest BCUT2D eigenvalue weighted by Gasteiger charge is 2.02. The Morgan fingerprint density at radius 1 is 1.31 bits per heavy atom. The van der Waals surface area contributed by atoms with Crippen LogP contribution in [0, 0.1) is 0 Å². The highest BCUT2D eigenvalue weighted by Crippen LogP contribution is 1.95. The molecular weight excluding hydrogens is 170 g/mol. The maximum atomic E-state index is 11.1. The molecule has 0 aliphatic heterocycles. The Kier molecular flexibility index (Phi) is 4.05. The van der Waals surface area contributed by atoms with E-state index in [4.69, 9.17) is 9.94 Å². The minimum Gasteiger partial charge on any atom is -0.396 e. The normalized spacial score (nSPS) is 9.92. The molecule has 1 aromatic rings. The Hall–Kier alpha value is -1.29. The Labute approximate surface area is 76.7 Å². The van der Waals surface area contributed by atoms with Gasteiger partial charge in [0.2, 0.25) is 0 Å². The lowest BCUT2D eigenvalue weighted by atomic mass is 10.2. The highest BCUT2D eigenvalue weighted by atomic mass is 16.7. The molecule has 1 aromatic heterocycles. The first-order valence-electron chi connectivity index (χ1n) is 4.28. The fraction of sp³-hybridized carbons (Fsp3) is 0.444. The molecule has 0 atom stereocenters. The maximum Gasteiger partial charge on any atom is 0.332 e. The Bertz CT molecular complexity index is 243. The predicted molar refractivity (Wildman–Crippen MR) is 47.0 cm³/mol. The van der Waals surface area contributed by atoms with Gasteiger partial charge in [0.05, 0.1) is 0 Å². The summed E-state index contributed by atoms with van der Waals surface area (Å²) >= 11 is 0. The van der Waals surface area contributed by atoms with Crippen LogP contribution < -0.4 is 4.84 Å². The van der Waals surface area contributed by atoms with Gasteiger partial charge in [-0.1, -0.05) is 0 Å². The molecule has 0 saturated heterocycles. The quantitative estimate of drug-likeness (QED) is 0.680. The third kappa shape index (κ3) is 3.75. The van der Waals surface area contributed by atoms with Gasteiger partial charge in [-0.15, -0.1) is 0 Å². The molecule has 13 heavy (non-hydrogen) atoms. The van der Waals surface area contributed by atoms with Crippen molar-refractivity contribution in [1.29, 1.82) is 0 Å². The molecule has 0 amide bonds. The maximum absolute atomic E-state index is 11.1. The van der Waals surface area contributed by atoms with Crippen LogP contribution in [0.5, 0.6) is 0 Å². The van der Waals surface area contributed by atoms with Crippen LogP contribution in [0.3, 0.4) is 0 Å². The molecular formula is C9H13NO3. The van der Waals surface area contributed by atoms with Gasteiger partial charge >= 0.3 is 5.97 Å². The lowest BCUT2D eigenvalue weighted by Crippen LogP contribution is -2.17. The lowest BCUT2D eigenvalue weighted by molar-refractivity contribution is -0.144. The summed E-state index contributed by atoms with van der Waals surface area (Å²) in [7, 11) is 0. The Balaban J connectivity index is 2.18.